The molecule has 1 atom stereocenters. The minimum Gasteiger partial charge on any atom is -0.368 e. The van der Waals surface area contributed by atoms with E-state index >= 15 is 0 Å². The summed E-state index contributed by atoms with van der Waals surface area (Å²) in [6.45, 7) is 4.86. The van der Waals surface area contributed by atoms with Crippen molar-refractivity contribution in [1.82, 2.24) is 0 Å². The van der Waals surface area contributed by atoms with Crippen LogP contribution >= 0.6 is 22.6 Å². The van der Waals surface area contributed by atoms with Crippen molar-refractivity contribution in [2.45, 2.75) is 64.8 Å². The number of halogens is 1. The number of carbonyl (C=O) groups is 2. The summed E-state index contributed by atoms with van der Waals surface area (Å²) in [5.74, 6) is 0.254. The minimum atomic E-state index is -0.0337. The molecule has 1 N–H and O–H groups in total. The number of rotatable bonds is 9. The highest BCUT2D eigenvalue weighted by Crippen LogP contribution is 2.29. The lowest BCUT2D eigenvalue weighted by Crippen LogP contribution is -2.39. The normalized spacial score (nSPS) is 16.4. The molecule has 0 saturated carbocycles. The van der Waals surface area contributed by atoms with Crippen molar-refractivity contribution in [2.24, 2.45) is 5.92 Å². The largest absolute Gasteiger partial charge is 0.368 e. The molecule has 1 unspecified atom stereocenters. The van der Waals surface area contributed by atoms with Crippen molar-refractivity contribution in [3.8, 4) is 0 Å². The highest BCUT2D eigenvalue weighted by atomic mass is 127. The zero-order chi connectivity index (χ0) is 22.2. The summed E-state index contributed by atoms with van der Waals surface area (Å²) in [5.41, 5.74) is 2.87. The number of nitrogens with zero attached hydrogens (tertiary/aromatic N) is 1. The second-order valence-corrected chi connectivity index (χ2v) is 9.96. The molecule has 1 fully saturated rings. The van der Waals surface area contributed by atoms with Gasteiger partial charge in [0.25, 0.3) is 0 Å². The summed E-state index contributed by atoms with van der Waals surface area (Å²) in [7, 11) is 0. The van der Waals surface area contributed by atoms with Gasteiger partial charge < -0.3 is 10.2 Å². The Hall–Kier alpha value is -1.89. The first-order valence-corrected chi connectivity index (χ1v) is 12.5. The maximum Gasteiger partial charge on any atom is 0.226 e. The van der Waals surface area contributed by atoms with Crippen LogP contribution in [0.3, 0.4) is 0 Å². The Labute approximate surface area is 199 Å². The molecule has 5 heteroatoms. The molecule has 1 aliphatic heterocycles. The van der Waals surface area contributed by atoms with Gasteiger partial charge in [0.15, 0.2) is 5.78 Å². The van der Waals surface area contributed by atoms with E-state index in [9.17, 15) is 9.59 Å². The van der Waals surface area contributed by atoms with Crippen LogP contribution in [-0.4, -0.2) is 24.3 Å². The number of unbranched alkanes of at least 4 members (excludes halogenated alkanes) is 1. The van der Waals surface area contributed by atoms with E-state index < -0.39 is 0 Å². The highest BCUT2D eigenvalue weighted by molar-refractivity contribution is 14.1. The number of amides is 1. The fourth-order valence-corrected chi connectivity index (χ4v) is 4.49. The molecule has 166 valence electrons. The Morgan fingerprint density at radius 3 is 2.61 bits per heavy atom. The number of piperidine rings is 1. The molecule has 0 aromatic heterocycles. The first kappa shape index (κ1) is 23.8. The molecular formula is C26H33IN2O2. The minimum absolute atomic E-state index is 0.0337. The van der Waals surface area contributed by atoms with Crippen LogP contribution in [0.2, 0.25) is 0 Å². The van der Waals surface area contributed by atoms with E-state index in [1.54, 1.807) is 0 Å². The number of anilines is 2. The van der Waals surface area contributed by atoms with E-state index in [0.717, 1.165) is 40.6 Å². The van der Waals surface area contributed by atoms with Gasteiger partial charge in [-0.1, -0.05) is 38.5 Å². The first-order valence-electron chi connectivity index (χ1n) is 11.4. The predicted octanol–water partition coefficient (Wildman–Crippen LogP) is 6.69. The van der Waals surface area contributed by atoms with Crippen molar-refractivity contribution < 1.29 is 9.59 Å². The third-order valence-electron chi connectivity index (χ3n) is 5.95. The van der Waals surface area contributed by atoms with Gasteiger partial charge in [0, 0.05) is 45.4 Å². The van der Waals surface area contributed by atoms with Gasteiger partial charge in [-0.15, -0.1) is 0 Å². The second kappa shape index (κ2) is 11.7. The SMILES string of the molecule is CC(C)C(=O)Nc1cccc(N2CCCCC2CCCCC(=O)c2ccc(I)cc2)c1. The fourth-order valence-electron chi connectivity index (χ4n) is 4.14. The number of hydrogen-bond acceptors (Lipinski definition) is 3. The van der Waals surface area contributed by atoms with Crippen LogP contribution in [-0.2, 0) is 4.79 Å². The molecule has 0 aliphatic carbocycles. The van der Waals surface area contributed by atoms with Gasteiger partial charge in [-0.3, -0.25) is 9.59 Å². The molecular weight excluding hydrogens is 499 g/mol. The zero-order valence-electron chi connectivity index (χ0n) is 18.6. The van der Waals surface area contributed by atoms with Crippen LogP contribution in [0.1, 0.15) is 69.2 Å². The monoisotopic (exact) mass is 532 g/mol. The van der Waals surface area contributed by atoms with E-state index in [1.165, 1.54) is 24.9 Å². The molecule has 3 rings (SSSR count). The highest BCUT2D eigenvalue weighted by Gasteiger charge is 2.23. The number of carbonyl (C=O) groups excluding carboxylic acids is 2. The lowest BCUT2D eigenvalue weighted by atomic mass is 9.95. The number of hydrogen-bond donors (Lipinski definition) is 1. The van der Waals surface area contributed by atoms with Gasteiger partial charge in [0.05, 0.1) is 0 Å². The summed E-state index contributed by atoms with van der Waals surface area (Å²) in [6.07, 6.45) is 7.35. The molecule has 2 aromatic rings. The van der Waals surface area contributed by atoms with Crippen molar-refractivity contribution in [1.29, 1.82) is 0 Å². The lowest BCUT2D eigenvalue weighted by Gasteiger charge is -2.38. The third-order valence-corrected chi connectivity index (χ3v) is 6.67. The maximum absolute atomic E-state index is 12.4. The molecule has 0 radical (unpaired) electrons. The van der Waals surface area contributed by atoms with E-state index in [1.807, 2.05) is 50.2 Å². The van der Waals surface area contributed by atoms with Crippen LogP contribution in [0.15, 0.2) is 48.5 Å². The summed E-state index contributed by atoms with van der Waals surface area (Å²) >= 11 is 2.26. The molecule has 0 spiro atoms. The smallest absolute Gasteiger partial charge is 0.226 e. The maximum atomic E-state index is 12.4. The van der Waals surface area contributed by atoms with E-state index in [4.69, 9.17) is 0 Å². The molecule has 1 saturated heterocycles. The Kier molecular flexibility index (Phi) is 8.93. The van der Waals surface area contributed by atoms with Gasteiger partial charge in [0.1, 0.15) is 0 Å². The topological polar surface area (TPSA) is 49.4 Å². The Morgan fingerprint density at radius 2 is 1.87 bits per heavy atom. The van der Waals surface area contributed by atoms with Crippen LogP contribution in [0, 0.1) is 9.49 Å². The predicted molar refractivity (Wildman–Crippen MR) is 137 cm³/mol. The van der Waals surface area contributed by atoms with Crippen molar-refractivity contribution in [3.05, 3.63) is 57.7 Å². The lowest BCUT2D eigenvalue weighted by molar-refractivity contribution is -0.118. The number of Topliss-reactive ketones (excluding diaryl/α,β-unsaturated/α-hetero) is 1. The first-order chi connectivity index (χ1) is 14.9. The molecule has 4 nitrogen and oxygen atoms in total. The Bertz CT molecular complexity index is 879. The quantitative estimate of drug-likeness (QED) is 0.223. The molecule has 1 aliphatic rings. The molecule has 31 heavy (non-hydrogen) atoms. The third kappa shape index (κ3) is 7.06. The van der Waals surface area contributed by atoms with Gasteiger partial charge in [-0.2, -0.15) is 0 Å². The van der Waals surface area contributed by atoms with Crippen molar-refractivity contribution >= 4 is 45.7 Å². The summed E-state index contributed by atoms with van der Waals surface area (Å²) in [6, 6.07) is 16.6. The average Bonchev–Trinajstić information content (AvgIpc) is 2.77. The van der Waals surface area contributed by atoms with Gasteiger partial charge in [-0.05, 0) is 85.0 Å². The van der Waals surface area contributed by atoms with E-state index in [0.29, 0.717) is 12.5 Å². The molecule has 0 bridgehead atoms. The van der Waals surface area contributed by atoms with Crippen LogP contribution in [0.5, 0.6) is 0 Å². The standard InChI is InChI=1S/C26H33IN2O2/c1-19(2)26(31)28-22-8-7-11-24(18-22)29-17-6-5-10-23(29)9-3-4-12-25(30)20-13-15-21(27)16-14-20/h7-8,11,13-16,18-19,23H,3-6,9-10,12,17H2,1-2H3,(H,28,31). The number of benzene rings is 2. The van der Waals surface area contributed by atoms with Crippen molar-refractivity contribution in [3.63, 3.8) is 0 Å². The Morgan fingerprint density at radius 1 is 1.10 bits per heavy atom. The summed E-state index contributed by atoms with van der Waals surface area (Å²) in [4.78, 5) is 27.0. The van der Waals surface area contributed by atoms with Gasteiger partial charge >= 0.3 is 0 Å². The summed E-state index contributed by atoms with van der Waals surface area (Å²) in [5, 5.41) is 3.02. The molecule has 2 aromatic carbocycles. The Balaban J connectivity index is 1.54. The zero-order valence-corrected chi connectivity index (χ0v) is 20.7. The second-order valence-electron chi connectivity index (χ2n) is 8.71. The summed E-state index contributed by atoms with van der Waals surface area (Å²) < 4.78 is 1.15. The number of ketones is 1. The van der Waals surface area contributed by atoms with E-state index in [2.05, 4.69) is 44.9 Å². The van der Waals surface area contributed by atoms with Crippen LogP contribution in [0.4, 0.5) is 11.4 Å². The fraction of sp³-hybridized carbons (Fsp3) is 0.462. The number of nitrogens with one attached hydrogen (secondary N) is 1. The average molecular weight is 532 g/mol. The van der Waals surface area contributed by atoms with Crippen molar-refractivity contribution in [2.75, 3.05) is 16.8 Å². The van der Waals surface area contributed by atoms with E-state index in [-0.39, 0.29) is 17.6 Å². The van der Waals surface area contributed by atoms with Gasteiger partial charge in [0.2, 0.25) is 5.91 Å². The molecule has 1 heterocycles. The molecule has 1 amide bonds. The van der Waals surface area contributed by atoms with Crippen LogP contribution in [0.25, 0.3) is 0 Å². The van der Waals surface area contributed by atoms with Crippen LogP contribution < -0.4 is 10.2 Å². The van der Waals surface area contributed by atoms with Gasteiger partial charge in [-0.25, -0.2) is 0 Å².